The second-order valence-corrected chi connectivity index (χ2v) is 7.20. The van der Waals surface area contributed by atoms with Gasteiger partial charge in [-0.3, -0.25) is 0 Å². The molecule has 0 spiro atoms. The highest BCUT2D eigenvalue weighted by Crippen LogP contribution is 2.27. The Hall–Kier alpha value is -1.19. The van der Waals surface area contributed by atoms with Crippen LogP contribution in [0.2, 0.25) is 5.02 Å². The molecule has 0 amide bonds. The van der Waals surface area contributed by atoms with E-state index < -0.39 is 0 Å². The van der Waals surface area contributed by atoms with Gasteiger partial charge < -0.3 is 4.74 Å². The van der Waals surface area contributed by atoms with Crippen molar-refractivity contribution in [1.82, 2.24) is 9.78 Å². The maximum absolute atomic E-state index is 6.24. The molecular formula is C20H28Cl2N2O. The highest BCUT2D eigenvalue weighted by molar-refractivity contribution is 6.31. The van der Waals surface area contributed by atoms with E-state index in [1.165, 1.54) is 32.1 Å². The van der Waals surface area contributed by atoms with Crippen LogP contribution >= 0.6 is 24.0 Å². The predicted molar refractivity (Wildman–Crippen MR) is 106 cm³/mol. The molecule has 0 unspecified atom stereocenters. The van der Waals surface area contributed by atoms with Gasteiger partial charge in [-0.2, -0.15) is 5.10 Å². The summed E-state index contributed by atoms with van der Waals surface area (Å²) in [5.41, 5.74) is 2.14. The molecule has 1 aromatic carbocycles. The van der Waals surface area contributed by atoms with Gasteiger partial charge in [0.15, 0.2) is 0 Å². The topological polar surface area (TPSA) is 27.1 Å². The molecule has 3 rings (SSSR count). The molecule has 0 radical (unpaired) electrons. The SMILES string of the molecule is CCCc1cc(OCc2ccccc2Cl)n(CC2CCCCC2)n1.Cl. The van der Waals surface area contributed by atoms with Crippen molar-refractivity contribution in [2.45, 2.75) is 65.0 Å². The van der Waals surface area contributed by atoms with Crippen LogP contribution in [0.5, 0.6) is 5.88 Å². The Kier molecular flexibility index (Phi) is 8.11. The standard InChI is InChI=1S/C20H27ClN2O.ClH/c1-2-8-18-13-20(24-15-17-11-6-7-12-19(17)21)23(22-18)14-16-9-4-3-5-10-16;/h6-7,11-13,16H,2-5,8-10,14-15H2,1H3;1H. The normalized spacial score (nSPS) is 15.0. The molecule has 1 fully saturated rings. The first-order valence-electron chi connectivity index (χ1n) is 9.19. The Bertz CT molecular complexity index is 651. The van der Waals surface area contributed by atoms with Gasteiger partial charge in [0.1, 0.15) is 6.61 Å². The summed E-state index contributed by atoms with van der Waals surface area (Å²) >= 11 is 6.24. The zero-order valence-electron chi connectivity index (χ0n) is 14.9. The highest BCUT2D eigenvalue weighted by Gasteiger charge is 2.17. The summed E-state index contributed by atoms with van der Waals surface area (Å²) in [6.45, 7) is 3.65. The molecule has 0 atom stereocenters. The van der Waals surface area contributed by atoms with Gasteiger partial charge in [0.05, 0.1) is 5.69 Å². The van der Waals surface area contributed by atoms with Crippen molar-refractivity contribution < 1.29 is 4.74 Å². The Morgan fingerprint density at radius 2 is 1.96 bits per heavy atom. The fourth-order valence-corrected chi connectivity index (χ4v) is 3.65. The number of rotatable bonds is 7. The van der Waals surface area contributed by atoms with E-state index in [-0.39, 0.29) is 12.4 Å². The first kappa shape index (κ1) is 20.1. The van der Waals surface area contributed by atoms with Gasteiger partial charge in [-0.25, -0.2) is 4.68 Å². The van der Waals surface area contributed by atoms with E-state index in [9.17, 15) is 0 Å². The van der Waals surface area contributed by atoms with Crippen LogP contribution < -0.4 is 4.74 Å². The second-order valence-electron chi connectivity index (χ2n) is 6.79. The first-order valence-corrected chi connectivity index (χ1v) is 9.57. The molecule has 0 N–H and O–H groups in total. The van der Waals surface area contributed by atoms with Crippen LogP contribution in [-0.2, 0) is 19.6 Å². The molecule has 2 aromatic rings. The lowest BCUT2D eigenvalue weighted by Gasteiger charge is -2.22. The number of aromatic nitrogens is 2. The Morgan fingerprint density at radius 3 is 2.68 bits per heavy atom. The summed E-state index contributed by atoms with van der Waals surface area (Å²) in [6.07, 6.45) is 8.81. The average Bonchev–Trinajstić information content (AvgIpc) is 2.97. The molecule has 1 aliphatic carbocycles. The molecule has 25 heavy (non-hydrogen) atoms. The van der Waals surface area contributed by atoms with E-state index in [4.69, 9.17) is 21.4 Å². The van der Waals surface area contributed by atoms with Crippen molar-refractivity contribution in [1.29, 1.82) is 0 Å². The monoisotopic (exact) mass is 382 g/mol. The van der Waals surface area contributed by atoms with Crippen molar-refractivity contribution in [3.63, 3.8) is 0 Å². The lowest BCUT2D eigenvalue weighted by molar-refractivity contribution is 0.245. The van der Waals surface area contributed by atoms with E-state index in [1.54, 1.807) is 0 Å². The minimum absolute atomic E-state index is 0. The molecule has 0 bridgehead atoms. The summed E-state index contributed by atoms with van der Waals surface area (Å²) in [7, 11) is 0. The predicted octanol–water partition coefficient (Wildman–Crippen LogP) is 6.07. The van der Waals surface area contributed by atoms with Gasteiger partial charge in [0, 0.05) is 23.2 Å². The Balaban J connectivity index is 0.00000225. The highest BCUT2D eigenvalue weighted by atomic mass is 35.5. The van der Waals surface area contributed by atoms with Crippen molar-refractivity contribution in [3.8, 4) is 5.88 Å². The van der Waals surface area contributed by atoms with Crippen molar-refractivity contribution in [2.75, 3.05) is 0 Å². The fraction of sp³-hybridized carbons (Fsp3) is 0.550. The summed E-state index contributed by atoms with van der Waals surface area (Å²) in [5, 5.41) is 5.54. The zero-order chi connectivity index (χ0) is 16.8. The summed E-state index contributed by atoms with van der Waals surface area (Å²) in [5.74, 6) is 1.61. The number of hydrogen-bond acceptors (Lipinski definition) is 2. The largest absolute Gasteiger partial charge is 0.473 e. The van der Waals surface area contributed by atoms with Crippen LogP contribution in [0.4, 0.5) is 0 Å². The fourth-order valence-electron chi connectivity index (χ4n) is 3.46. The lowest BCUT2D eigenvalue weighted by Crippen LogP contribution is -2.16. The third-order valence-electron chi connectivity index (χ3n) is 4.79. The van der Waals surface area contributed by atoms with Crippen LogP contribution in [0.1, 0.15) is 56.7 Å². The van der Waals surface area contributed by atoms with Crippen LogP contribution in [0, 0.1) is 5.92 Å². The van der Waals surface area contributed by atoms with Crippen LogP contribution in [0.15, 0.2) is 30.3 Å². The molecule has 1 heterocycles. The smallest absolute Gasteiger partial charge is 0.212 e. The van der Waals surface area contributed by atoms with Gasteiger partial charge in [0.25, 0.3) is 0 Å². The van der Waals surface area contributed by atoms with Crippen molar-refractivity contribution in [2.24, 2.45) is 5.92 Å². The maximum atomic E-state index is 6.24. The van der Waals surface area contributed by atoms with Crippen molar-refractivity contribution >= 4 is 24.0 Å². The molecule has 1 aromatic heterocycles. The molecule has 1 saturated carbocycles. The minimum atomic E-state index is 0. The number of nitrogens with zero attached hydrogens (tertiary/aromatic N) is 2. The van der Waals surface area contributed by atoms with Crippen LogP contribution in [0.25, 0.3) is 0 Å². The number of benzene rings is 1. The maximum Gasteiger partial charge on any atom is 0.212 e. The van der Waals surface area contributed by atoms with E-state index >= 15 is 0 Å². The Morgan fingerprint density at radius 1 is 1.20 bits per heavy atom. The third kappa shape index (κ3) is 5.65. The van der Waals surface area contributed by atoms with E-state index in [0.29, 0.717) is 6.61 Å². The quantitative estimate of drug-likeness (QED) is 0.580. The van der Waals surface area contributed by atoms with Crippen LogP contribution in [-0.4, -0.2) is 9.78 Å². The summed E-state index contributed by atoms with van der Waals surface area (Å²) in [4.78, 5) is 0. The molecular weight excluding hydrogens is 355 g/mol. The van der Waals surface area contributed by atoms with Gasteiger partial charge in [0.2, 0.25) is 5.88 Å². The first-order chi connectivity index (χ1) is 11.8. The molecule has 138 valence electrons. The summed E-state index contributed by atoms with van der Waals surface area (Å²) < 4.78 is 8.17. The van der Waals surface area contributed by atoms with E-state index in [1.807, 2.05) is 24.3 Å². The molecule has 0 saturated heterocycles. The van der Waals surface area contributed by atoms with Crippen molar-refractivity contribution in [3.05, 3.63) is 46.6 Å². The second kappa shape index (κ2) is 10.1. The zero-order valence-corrected chi connectivity index (χ0v) is 16.5. The molecule has 5 heteroatoms. The molecule has 0 aliphatic heterocycles. The van der Waals surface area contributed by atoms with Gasteiger partial charge >= 0.3 is 0 Å². The minimum Gasteiger partial charge on any atom is -0.473 e. The number of halogens is 2. The number of hydrogen-bond donors (Lipinski definition) is 0. The summed E-state index contributed by atoms with van der Waals surface area (Å²) in [6, 6.07) is 9.95. The van der Waals surface area contributed by atoms with Gasteiger partial charge in [-0.1, -0.05) is 62.4 Å². The van der Waals surface area contributed by atoms with E-state index in [2.05, 4.69) is 17.7 Å². The third-order valence-corrected chi connectivity index (χ3v) is 5.16. The molecule has 3 nitrogen and oxygen atoms in total. The van der Waals surface area contributed by atoms with E-state index in [0.717, 1.165) is 47.5 Å². The van der Waals surface area contributed by atoms with Crippen LogP contribution in [0.3, 0.4) is 0 Å². The average molecular weight is 383 g/mol. The molecule has 1 aliphatic rings. The number of aryl methyl sites for hydroxylation is 1. The van der Waals surface area contributed by atoms with Gasteiger partial charge in [-0.05, 0) is 31.2 Å². The Labute approximate surface area is 162 Å². The lowest BCUT2D eigenvalue weighted by atomic mass is 9.89. The van der Waals surface area contributed by atoms with Gasteiger partial charge in [-0.15, -0.1) is 12.4 Å². The number of ether oxygens (including phenoxy) is 1.